The first-order chi connectivity index (χ1) is 18.1. The van der Waals surface area contributed by atoms with Crippen molar-refractivity contribution in [3.63, 3.8) is 0 Å². The average molecular weight is 552 g/mol. The molecule has 0 fully saturated rings. The lowest BCUT2D eigenvalue weighted by molar-refractivity contribution is -0.150. The highest BCUT2D eigenvalue weighted by Gasteiger charge is 2.29. The predicted octanol–water partition coefficient (Wildman–Crippen LogP) is -1.49. The van der Waals surface area contributed by atoms with E-state index in [4.69, 9.17) is 14.9 Å². The van der Waals surface area contributed by atoms with E-state index >= 15 is 0 Å². The lowest BCUT2D eigenvalue weighted by atomic mass is 10.0. The summed E-state index contributed by atoms with van der Waals surface area (Å²) < 4.78 is 5.08. The molecule has 7 N–H and O–H groups in total. The smallest absolute Gasteiger partial charge is 0.408 e. The molecule has 1 rings (SSSR count). The summed E-state index contributed by atoms with van der Waals surface area (Å²) in [4.78, 5) is 83.4. The van der Waals surface area contributed by atoms with Crippen LogP contribution in [0.15, 0.2) is 30.3 Å². The van der Waals surface area contributed by atoms with Crippen molar-refractivity contribution >= 4 is 41.7 Å². The SMILES string of the molecule is C[C@H](NC(=O)[C@H](CNC(=O)C(=O)O)NC(=O)OC(C)(C)C)C(=O)N[C@@H](Cc1ccccc1)C(=O)NCC(=O)O. The lowest BCUT2D eigenvalue weighted by Gasteiger charge is -2.25. The van der Waals surface area contributed by atoms with Crippen LogP contribution >= 0.6 is 0 Å². The number of aliphatic carboxylic acids is 2. The Morgan fingerprint density at radius 3 is 1.97 bits per heavy atom. The Hall–Kier alpha value is -4.69. The highest BCUT2D eigenvalue weighted by Crippen LogP contribution is 2.07. The molecule has 15 nitrogen and oxygen atoms in total. The third-order valence-corrected chi connectivity index (χ3v) is 4.75. The number of hydrogen-bond acceptors (Lipinski definition) is 8. The number of carboxylic acids is 2. The summed E-state index contributed by atoms with van der Waals surface area (Å²) in [5.74, 6) is -7.09. The van der Waals surface area contributed by atoms with Gasteiger partial charge < -0.3 is 41.5 Å². The summed E-state index contributed by atoms with van der Waals surface area (Å²) in [6, 6.07) is 4.59. The van der Waals surface area contributed by atoms with Gasteiger partial charge in [0.2, 0.25) is 17.7 Å². The fourth-order valence-corrected chi connectivity index (χ4v) is 2.95. The van der Waals surface area contributed by atoms with E-state index in [2.05, 4.69) is 21.3 Å². The predicted molar refractivity (Wildman–Crippen MR) is 134 cm³/mol. The fraction of sp³-hybridized carbons (Fsp3) is 0.458. The molecule has 5 amide bonds. The molecule has 0 aliphatic rings. The van der Waals surface area contributed by atoms with Crippen molar-refractivity contribution in [3.05, 3.63) is 35.9 Å². The van der Waals surface area contributed by atoms with Gasteiger partial charge in [-0.3, -0.25) is 24.0 Å². The first kappa shape index (κ1) is 32.3. The van der Waals surface area contributed by atoms with E-state index in [1.807, 2.05) is 5.32 Å². The van der Waals surface area contributed by atoms with Crippen molar-refractivity contribution in [2.24, 2.45) is 0 Å². The monoisotopic (exact) mass is 551 g/mol. The van der Waals surface area contributed by atoms with Crippen LogP contribution in [0.5, 0.6) is 0 Å². The number of ether oxygens (including phenoxy) is 1. The molecule has 0 radical (unpaired) electrons. The zero-order chi connectivity index (χ0) is 29.8. The molecule has 0 saturated heterocycles. The van der Waals surface area contributed by atoms with Crippen molar-refractivity contribution < 1.29 is 48.5 Å². The third kappa shape index (κ3) is 12.9. The van der Waals surface area contributed by atoms with Crippen LogP contribution in [-0.2, 0) is 39.9 Å². The number of rotatable bonds is 12. The molecule has 0 bridgehead atoms. The Balaban J connectivity index is 2.96. The van der Waals surface area contributed by atoms with Gasteiger partial charge in [0.1, 0.15) is 30.3 Å². The van der Waals surface area contributed by atoms with Crippen molar-refractivity contribution in [1.82, 2.24) is 26.6 Å². The number of carbonyl (C=O) groups is 7. The number of carbonyl (C=O) groups excluding carboxylic acids is 5. The Kier molecular flexibility index (Phi) is 12.4. The molecule has 3 atom stereocenters. The van der Waals surface area contributed by atoms with Gasteiger partial charge >= 0.3 is 23.9 Å². The van der Waals surface area contributed by atoms with Crippen molar-refractivity contribution in [2.75, 3.05) is 13.1 Å². The summed E-state index contributed by atoms with van der Waals surface area (Å²) in [5, 5.41) is 28.7. The molecule has 1 aromatic carbocycles. The molecule has 0 unspecified atom stereocenters. The molecule has 0 aromatic heterocycles. The molecule has 0 aliphatic carbocycles. The Labute approximate surface area is 224 Å². The van der Waals surface area contributed by atoms with Gasteiger partial charge in [-0.1, -0.05) is 30.3 Å². The van der Waals surface area contributed by atoms with Crippen LogP contribution in [0.3, 0.4) is 0 Å². The van der Waals surface area contributed by atoms with Gasteiger partial charge in [0.15, 0.2) is 0 Å². The van der Waals surface area contributed by atoms with E-state index in [9.17, 15) is 33.6 Å². The normalized spacial score (nSPS) is 13.0. The number of benzene rings is 1. The maximum absolute atomic E-state index is 12.8. The van der Waals surface area contributed by atoms with E-state index in [1.165, 1.54) is 6.92 Å². The van der Waals surface area contributed by atoms with E-state index in [0.717, 1.165) is 0 Å². The van der Waals surface area contributed by atoms with Crippen LogP contribution in [-0.4, -0.2) is 88.7 Å². The van der Waals surface area contributed by atoms with E-state index < -0.39 is 78.5 Å². The number of nitrogens with one attached hydrogen (secondary N) is 5. The van der Waals surface area contributed by atoms with Crippen LogP contribution < -0.4 is 26.6 Å². The molecule has 1 aromatic rings. The molecule has 0 spiro atoms. The number of amides is 5. The molecule has 15 heteroatoms. The van der Waals surface area contributed by atoms with Gasteiger partial charge in [0.25, 0.3) is 0 Å². The van der Waals surface area contributed by atoms with Gasteiger partial charge in [-0.25, -0.2) is 9.59 Å². The van der Waals surface area contributed by atoms with E-state index in [0.29, 0.717) is 5.56 Å². The number of alkyl carbamates (subject to hydrolysis) is 1. The van der Waals surface area contributed by atoms with Crippen LogP contribution in [0, 0.1) is 0 Å². The summed E-state index contributed by atoms with van der Waals surface area (Å²) in [6.45, 7) is 4.67. The maximum atomic E-state index is 12.8. The highest BCUT2D eigenvalue weighted by molar-refractivity contribution is 6.31. The summed E-state index contributed by atoms with van der Waals surface area (Å²) in [6.07, 6.45) is -1.02. The minimum Gasteiger partial charge on any atom is -0.480 e. The molecular formula is C24H33N5O10. The molecule has 0 heterocycles. The second-order valence-corrected chi connectivity index (χ2v) is 9.31. The molecule has 39 heavy (non-hydrogen) atoms. The summed E-state index contributed by atoms with van der Waals surface area (Å²) in [7, 11) is 0. The standard InChI is InChI=1S/C24H33N5O10/c1-13(18(32)28-15(19(33)26-12-17(30)31)10-14-8-6-5-7-9-14)27-20(34)16(11-25-21(35)22(36)37)29-23(38)39-24(2,3)4/h5-9,13,15-16H,10-12H2,1-4H3,(H,25,35)(H,26,33)(H,27,34)(H,28,32)(H,29,38)(H,30,31)(H,36,37)/t13-,15-,16-/m0/s1. The van der Waals surface area contributed by atoms with Gasteiger partial charge in [-0.15, -0.1) is 0 Å². The quantitative estimate of drug-likeness (QED) is 0.149. The van der Waals surface area contributed by atoms with E-state index in [-0.39, 0.29) is 6.42 Å². The maximum Gasteiger partial charge on any atom is 0.408 e. The first-order valence-electron chi connectivity index (χ1n) is 11.7. The zero-order valence-corrected chi connectivity index (χ0v) is 21.9. The topological polar surface area (TPSA) is 229 Å². The van der Waals surface area contributed by atoms with Gasteiger partial charge in [0, 0.05) is 13.0 Å². The van der Waals surface area contributed by atoms with Crippen molar-refractivity contribution in [1.29, 1.82) is 0 Å². The minimum atomic E-state index is -1.81. The minimum absolute atomic E-state index is 0.0166. The van der Waals surface area contributed by atoms with Crippen LogP contribution in [0.25, 0.3) is 0 Å². The largest absolute Gasteiger partial charge is 0.480 e. The lowest BCUT2D eigenvalue weighted by Crippen LogP contribution is -2.58. The van der Waals surface area contributed by atoms with Crippen LogP contribution in [0.4, 0.5) is 4.79 Å². The number of hydrogen-bond donors (Lipinski definition) is 7. The zero-order valence-electron chi connectivity index (χ0n) is 21.9. The Morgan fingerprint density at radius 2 is 1.44 bits per heavy atom. The molecule has 0 saturated carbocycles. The molecular weight excluding hydrogens is 518 g/mol. The van der Waals surface area contributed by atoms with Gasteiger partial charge in [-0.05, 0) is 33.3 Å². The summed E-state index contributed by atoms with van der Waals surface area (Å²) >= 11 is 0. The molecule has 0 aliphatic heterocycles. The number of carboxylic acid groups (broad SMARTS) is 2. The highest BCUT2D eigenvalue weighted by atomic mass is 16.6. The van der Waals surface area contributed by atoms with Crippen molar-refractivity contribution in [3.8, 4) is 0 Å². The van der Waals surface area contributed by atoms with Crippen LogP contribution in [0.1, 0.15) is 33.3 Å². The van der Waals surface area contributed by atoms with Gasteiger partial charge in [0.05, 0.1) is 0 Å². The second-order valence-electron chi connectivity index (χ2n) is 9.31. The second kappa shape index (κ2) is 14.9. The van der Waals surface area contributed by atoms with Gasteiger partial charge in [-0.2, -0.15) is 0 Å². The Bertz CT molecular complexity index is 1070. The summed E-state index contributed by atoms with van der Waals surface area (Å²) in [5.41, 5.74) is -0.266. The first-order valence-corrected chi connectivity index (χ1v) is 11.7. The van der Waals surface area contributed by atoms with E-state index in [1.54, 1.807) is 51.1 Å². The fourth-order valence-electron chi connectivity index (χ4n) is 2.95. The molecule has 214 valence electrons. The van der Waals surface area contributed by atoms with Crippen LogP contribution in [0.2, 0.25) is 0 Å². The van der Waals surface area contributed by atoms with Crippen molar-refractivity contribution in [2.45, 2.75) is 57.8 Å². The third-order valence-electron chi connectivity index (χ3n) is 4.75. The Morgan fingerprint density at radius 1 is 0.821 bits per heavy atom. The average Bonchev–Trinajstić information content (AvgIpc) is 2.83.